The quantitative estimate of drug-likeness (QED) is 0.282. The van der Waals surface area contributed by atoms with Crippen molar-refractivity contribution in [1.29, 1.82) is 0 Å². The molecule has 7 aromatic rings. The largest absolute Gasteiger partial charge is 0.509 e. The van der Waals surface area contributed by atoms with Crippen LogP contribution in [0, 0.1) is 13.8 Å². The SMILES string of the molecule is Bc1c(C)c(B)c(-c2cccc(-c3c4ccccc4c(-n4c(C)nc5ccccc54)c4ccccc34)c2)c(B)c1O. The maximum atomic E-state index is 10.9. The average molecular weight is 526 g/mol. The lowest BCUT2D eigenvalue weighted by Crippen LogP contribution is -2.31. The third-order valence-electron chi connectivity index (χ3n) is 8.88. The summed E-state index contributed by atoms with van der Waals surface area (Å²) >= 11 is 0. The van der Waals surface area contributed by atoms with Crippen LogP contribution < -0.4 is 16.4 Å². The van der Waals surface area contributed by atoms with E-state index in [-0.39, 0.29) is 0 Å². The molecule has 1 aromatic heterocycles. The Morgan fingerprint density at radius 2 is 1.17 bits per heavy atom. The number of benzene rings is 6. The Morgan fingerprint density at radius 3 is 1.83 bits per heavy atom. The molecule has 0 saturated carbocycles. The minimum Gasteiger partial charge on any atom is -0.509 e. The van der Waals surface area contributed by atoms with Gasteiger partial charge >= 0.3 is 0 Å². The van der Waals surface area contributed by atoms with Gasteiger partial charge in [-0.25, -0.2) is 4.98 Å². The van der Waals surface area contributed by atoms with E-state index in [9.17, 15) is 5.11 Å². The van der Waals surface area contributed by atoms with Gasteiger partial charge in [0.25, 0.3) is 0 Å². The molecule has 0 radical (unpaired) electrons. The average Bonchev–Trinajstić information content (AvgIpc) is 3.33. The van der Waals surface area contributed by atoms with Gasteiger partial charge in [-0.15, -0.1) is 0 Å². The first-order chi connectivity index (χ1) is 19.9. The summed E-state index contributed by atoms with van der Waals surface area (Å²) in [4.78, 5) is 4.91. The topological polar surface area (TPSA) is 38.0 Å². The van der Waals surface area contributed by atoms with Crippen molar-refractivity contribution in [3.05, 3.63) is 108 Å². The maximum absolute atomic E-state index is 10.9. The number of aromatic hydroxyl groups is 1. The molecule has 6 aromatic carbocycles. The summed E-state index contributed by atoms with van der Waals surface area (Å²) in [7, 11) is 6.18. The van der Waals surface area contributed by atoms with Crippen molar-refractivity contribution < 1.29 is 5.11 Å². The van der Waals surface area contributed by atoms with E-state index >= 15 is 0 Å². The molecule has 3 nitrogen and oxygen atoms in total. The summed E-state index contributed by atoms with van der Waals surface area (Å²) in [6, 6.07) is 34.6. The van der Waals surface area contributed by atoms with Crippen LogP contribution in [0.15, 0.2) is 97.1 Å². The molecule has 1 heterocycles. The van der Waals surface area contributed by atoms with Crippen LogP contribution in [0.1, 0.15) is 11.4 Å². The van der Waals surface area contributed by atoms with Crippen LogP contribution in [0.25, 0.3) is 60.5 Å². The van der Waals surface area contributed by atoms with Crippen LogP contribution in [0.4, 0.5) is 0 Å². The summed E-state index contributed by atoms with van der Waals surface area (Å²) < 4.78 is 2.31. The predicted molar refractivity (Wildman–Crippen MR) is 183 cm³/mol. The first-order valence-corrected chi connectivity index (χ1v) is 14.1. The zero-order valence-electron chi connectivity index (χ0n) is 24.1. The Labute approximate surface area is 242 Å². The van der Waals surface area contributed by atoms with Crippen molar-refractivity contribution in [1.82, 2.24) is 9.55 Å². The number of hydrogen-bond donors (Lipinski definition) is 1. The minimum atomic E-state index is 0.386. The van der Waals surface area contributed by atoms with Crippen LogP contribution in [-0.2, 0) is 0 Å². The predicted octanol–water partition coefficient (Wildman–Crippen LogP) is 3.76. The highest BCUT2D eigenvalue weighted by Gasteiger charge is 2.20. The second-order valence-electron chi connectivity index (χ2n) is 11.1. The molecule has 0 aliphatic heterocycles. The summed E-state index contributed by atoms with van der Waals surface area (Å²) in [6.07, 6.45) is 0. The Balaban J connectivity index is 1.57. The zero-order chi connectivity index (χ0) is 28.4. The summed E-state index contributed by atoms with van der Waals surface area (Å²) in [6.45, 7) is 4.18. The monoisotopic (exact) mass is 526 g/mol. The van der Waals surface area contributed by atoms with Gasteiger partial charge in [0.2, 0.25) is 0 Å². The Bertz CT molecular complexity index is 2100. The van der Waals surface area contributed by atoms with Gasteiger partial charge < -0.3 is 5.11 Å². The fraction of sp³-hybridized carbons (Fsp3) is 0.0571. The van der Waals surface area contributed by atoms with E-state index < -0.39 is 0 Å². The summed E-state index contributed by atoms with van der Waals surface area (Å²) in [5.74, 6) is 1.36. The van der Waals surface area contributed by atoms with Gasteiger partial charge in [0.15, 0.2) is 0 Å². The van der Waals surface area contributed by atoms with Crippen LogP contribution in [0.2, 0.25) is 0 Å². The third-order valence-corrected chi connectivity index (χ3v) is 8.88. The molecular formula is C35H29B3N2O. The van der Waals surface area contributed by atoms with Gasteiger partial charge in [-0.05, 0) is 76.0 Å². The number of hydrogen-bond acceptors (Lipinski definition) is 2. The van der Waals surface area contributed by atoms with Crippen LogP contribution >= 0.6 is 0 Å². The fourth-order valence-corrected chi connectivity index (χ4v) is 6.68. The van der Waals surface area contributed by atoms with Gasteiger partial charge in [-0.1, -0.05) is 89.9 Å². The standard InChI is InChI=1S/C35H29B3N2O/c1-19-31(36)30(33(38)35(41)32(19)37)22-11-9-10-21(18-22)29-23-12-3-5-14-25(23)34(26-15-6-4-13-24(26)29)40-20(2)39-27-16-7-8-17-28(27)40/h3-18,41H,36-38H2,1-2H3. The summed E-state index contributed by atoms with van der Waals surface area (Å²) in [5, 5.41) is 15.7. The third kappa shape index (κ3) is 3.74. The van der Waals surface area contributed by atoms with Crippen molar-refractivity contribution >= 4 is 72.5 Å². The van der Waals surface area contributed by atoms with Crippen molar-refractivity contribution in [3.63, 3.8) is 0 Å². The highest BCUT2D eigenvalue weighted by molar-refractivity contribution is 6.50. The van der Waals surface area contributed by atoms with Crippen molar-refractivity contribution in [3.8, 4) is 33.7 Å². The number of aryl methyl sites for hydroxylation is 1. The zero-order valence-corrected chi connectivity index (χ0v) is 24.1. The Hall–Kier alpha value is -4.70. The van der Waals surface area contributed by atoms with Crippen LogP contribution in [-0.4, -0.2) is 38.2 Å². The Morgan fingerprint density at radius 1 is 0.610 bits per heavy atom. The minimum absolute atomic E-state index is 0.386. The first kappa shape index (κ1) is 25.3. The number of phenolic OH excluding ortho intramolecular Hbond substituents is 1. The highest BCUT2D eigenvalue weighted by Crippen LogP contribution is 2.42. The fourth-order valence-electron chi connectivity index (χ4n) is 6.68. The van der Waals surface area contributed by atoms with Crippen LogP contribution in [0.5, 0.6) is 5.75 Å². The maximum Gasteiger partial charge on any atom is 0.144 e. The molecule has 1 N–H and O–H groups in total. The van der Waals surface area contributed by atoms with E-state index in [0.29, 0.717) is 5.75 Å². The molecule has 41 heavy (non-hydrogen) atoms. The number of imidazole rings is 1. The van der Waals surface area contributed by atoms with E-state index in [1.165, 1.54) is 32.6 Å². The molecule has 6 heteroatoms. The van der Waals surface area contributed by atoms with Gasteiger partial charge in [-0.3, -0.25) is 4.57 Å². The molecule has 0 spiro atoms. The number of rotatable bonds is 3. The molecule has 0 bridgehead atoms. The molecule has 0 unspecified atom stereocenters. The number of aromatic nitrogens is 2. The molecule has 0 aliphatic carbocycles. The smallest absolute Gasteiger partial charge is 0.144 e. The molecule has 0 aliphatic rings. The van der Waals surface area contributed by atoms with Gasteiger partial charge in [-0.2, -0.15) is 0 Å². The van der Waals surface area contributed by atoms with Crippen molar-refractivity contribution in [2.75, 3.05) is 0 Å². The van der Waals surface area contributed by atoms with E-state index in [2.05, 4.69) is 117 Å². The molecule has 0 atom stereocenters. The lowest BCUT2D eigenvalue weighted by molar-refractivity contribution is 0.484. The first-order valence-electron chi connectivity index (χ1n) is 14.1. The van der Waals surface area contributed by atoms with Crippen molar-refractivity contribution in [2.45, 2.75) is 13.8 Å². The lowest BCUT2D eigenvalue weighted by atomic mass is 9.70. The summed E-state index contributed by atoms with van der Waals surface area (Å²) in [5.41, 5.74) is 12.1. The number of fused-ring (bicyclic) bond motifs is 3. The number of phenols is 1. The molecule has 0 fully saturated rings. The molecule has 0 saturated heterocycles. The lowest BCUT2D eigenvalue weighted by Gasteiger charge is -2.21. The van der Waals surface area contributed by atoms with Crippen molar-refractivity contribution in [2.24, 2.45) is 0 Å². The number of para-hydroxylation sites is 2. The van der Waals surface area contributed by atoms with E-state index in [0.717, 1.165) is 55.7 Å². The van der Waals surface area contributed by atoms with Gasteiger partial charge in [0.1, 0.15) is 35.1 Å². The van der Waals surface area contributed by atoms with E-state index in [4.69, 9.17) is 4.98 Å². The van der Waals surface area contributed by atoms with Crippen LogP contribution in [0.3, 0.4) is 0 Å². The number of nitrogens with zero attached hydrogens (tertiary/aromatic N) is 2. The van der Waals surface area contributed by atoms with E-state index in [1.54, 1.807) is 0 Å². The molecule has 194 valence electrons. The second-order valence-corrected chi connectivity index (χ2v) is 11.1. The molecule has 7 rings (SSSR count). The highest BCUT2D eigenvalue weighted by atomic mass is 16.3. The van der Waals surface area contributed by atoms with Gasteiger partial charge in [0, 0.05) is 10.8 Å². The normalized spacial score (nSPS) is 11.6. The second kappa shape index (κ2) is 9.45. The van der Waals surface area contributed by atoms with E-state index in [1.807, 2.05) is 21.8 Å². The van der Waals surface area contributed by atoms with Gasteiger partial charge in [0.05, 0.1) is 16.7 Å². The molecule has 0 amide bonds. The Kier molecular flexibility index (Phi) is 5.83. The molecular weight excluding hydrogens is 497 g/mol.